The summed E-state index contributed by atoms with van der Waals surface area (Å²) >= 11 is 5.85. The highest BCUT2D eigenvalue weighted by molar-refractivity contribution is 6.30. The molecule has 2 N–H and O–H groups in total. The van der Waals surface area contributed by atoms with E-state index in [-0.39, 0.29) is 6.01 Å². The molecule has 0 aliphatic heterocycles. The van der Waals surface area contributed by atoms with Crippen molar-refractivity contribution in [1.29, 1.82) is 0 Å². The Balaban J connectivity index is 1.75. The van der Waals surface area contributed by atoms with Crippen molar-refractivity contribution >= 4 is 29.0 Å². The van der Waals surface area contributed by atoms with E-state index < -0.39 is 0 Å². The van der Waals surface area contributed by atoms with Crippen LogP contribution in [0.3, 0.4) is 0 Å². The predicted octanol–water partition coefficient (Wildman–Crippen LogP) is 4.33. The van der Waals surface area contributed by atoms with Gasteiger partial charge in [0.2, 0.25) is 5.89 Å². The molecule has 0 fully saturated rings. The van der Waals surface area contributed by atoms with Gasteiger partial charge in [-0.05, 0) is 48.9 Å². The largest absolute Gasteiger partial charge is 0.411 e. The second-order valence-corrected chi connectivity index (χ2v) is 5.24. The van der Waals surface area contributed by atoms with Gasteiger partial charge >= 0.3 is 6.01 Å². The van der Waals surface area contributed by atoms with Crippen LogP contribution in [0.25, 0.3) is 11.5 Å². The highest BCUT2D eigenvalue weighted by Gasteiger charge is 2.09. The summed E-state index contributed by atoms with van der Waals surface area (Å²) in [6.45, 7) is 1.72. The van der Waals surface area contributed by atoms with Crippen LogP contribution < -0.4 is 5.32 Å². The Morgan fingerprint density at radius 2 is 1.78 bits per heavy atom. The van der Waals surface area contributed by atoms with Crippen LogP contribution in [0.5, 0.6) is 0 Å². The zero-order valence-corrected chi connectivity index (χ0v) is 12.9. The van der Waals surface area contributed by atoms with Crippen molar-refractivity contribution < 1.29 is 9.62 Å². The molecule has 116 valence electrons. The van der Waals surface area contributed by atoms with Gasteiger partial charge in [0.15, 0.2) is 0 Å². The molecular formula is C16H13ClN4O2. The van der Waals surface area contributed by atoms with Gasteiger partial charge < -0.3 is 14.9 Å². The molecule has 6 nitrogen and oxygen atoms in total. The fourth-order valence-corrected chi connectivity index (χ4v) is 2.08. The average Bonchev–Trinajstić information content (AvgIpc) is 3.04. The van der Waals surface area contributed by atoms with Gasteiger partial charge in [-0.3, -0.25) is 0 Å². The van der Waals surface area contributed by atoms with Crippen molar-refractivity contribution in [3.05, 3.63) is 59.1 Å². The highest BCUT2D eigenvalue weighted by Crippen LogP contribution is 2.23. The Bertz CT molecular complexity index is 826. The summed E-state index contributed by atoms with van der Waals surface area (Å²) in [4.78, 5) is 0. The Labute approximate surface area is 137 Å². The summed E-state index contributed by atoms with van der Waals surface area (Å²) in [5.74, 6) is 0.407. The van der Waals surface area contributed by atoms with E-state index in [2.05, 4.69) is 20.7 Å². The SMILES string of the molecule is C/C(=N\O)c1ccc(Nc2nnc(-c3ccc(Cl)cc3)o2)cc1. The standard InChI is InChI=1S/C16H13ClN4O2/c1-10(21-22)11-4-8-14(9-5-11)18-16-20-19-15(23-16)12-2-6-13(17)7-3-12/h2-9,22H,1H3,(H,18,20)/b21-10+. The first-order valence-electron chi connectivity index (χ1n) is 6.81. The number of benzene rings is 2. The molecular weight excluding hydrogens is 316 g/mol. The summed E-state index contributed by atoms with van der Waals surface area (Å²) in [7, 11) is 0. The van der Waals surface area contributed by atoms with Gasteiger partial charge in [-0.25, -0.2) is 0 Å². The maximum absolute atomic E-state index is 8.75. The molecule has 7 heteroatoms. The van der Waals surface area contributed by atoms with E-state index >= 15 is 0 Å². The predicted molar refractivity (Wildman–Crippen MR) is 88.5 cm³/mol. The van der Waals surface area contributed by atoms with E-state index in [9.17, 15) is 0 Å². The first-order chi connectivity index (χ1) is 11.2. The maximum Gasteiger partial charge on any atom is 0.320 e. The Morgan fingerprint density at radius 3 is 2.43 bits per heavy atom. The van der Waals surface area contributed by atoms with Gasteiger partial charge in [0.25, 0.3) is 0 Å². The van der Waals surface area contributed by atoms with Crippen molar-refractivity contribution in [3.63, 3.8) is 0 Å². The van der Waals surface area contributed by atoms with Crippen molar-refractivity contribution in [2.75, 3.05) is 5.32 Å². The van der Waals surface area contributed by atoms with E-state index in [1.807, 2.05) is 36.4 Å². The first kappa shape index (κ1) is 15.1. The van der Waals surface area contributed by atoms with Crippen molar-refractivity contribution in [1.82, 2.24) is 10.2 Å². The quantitative estimate of drug-likeness (QED) is 0.423. The van der Waals surface area contributed by atoms with Gasteiger partial charge in [0, 0.05) is 16.3 Å². The van der Waals surface area contributed by atoms with Crippen molar-refractivity contribution in [3.8, 4) is 11.5 Å². The molecule has 3 aromatic rings. The molecule has 0 unspecified atom stereocenters. The maximum atomic E-state index is 8.75. The van der Waals surface area contributed by atoms with Gasteiger partial charge in [-0.15, -0.1) is 5.10 Å². The van der Waals surface area contributed by atoms with Gasteiger partial charge in [-0.1, -0.05) is 34.0 Å². The molecule has 0 aliphatic carbocycles. The van der Waals surface area contributed by atoms with E-state index in [0.717, 1.165) is 16.8 Å². The molecule has 1 aromatic heterocycles. The molecule has 23 heavy (non-hydrogen) atoms. The van der Waals surface area contributed by atoms with Crippen molar-refractivity contribution in [2.24, 2.45) is 5.16 Å². The lowest BCUT2D eigenvalue weighted by Crippen LogP contribution is -1.95. The molecule has 0 radical (unpaired) electrons. The Morgan fingerprint density at radius 1 is 1.09 bits per heavy atom. The van der Waals surface area contributed by atoms with Crippen molar-refractivity contribution in [2.45, 2.75) is 6.92 Å². The second-order valence-electron chi connectivity index (χ2n) is 4.81. The van der Waals surface area contributed by atoms with Gasteiger partial charge in [-0.2, -0.15) is 0 Å². The zero-order chi connectivity index (χ0) is 16.2. The van der Waals surface area contributed by atoms with Crippen LogP contribution in [0.15, 0.2) is 58.1 Å². The minimum Gasteiger partial charge on any atom is -0.411 e. The average molecular weight is 329 g/mol. The van der Waals surface area contributed by atoms with Crippen LogP contribution in [0, 0.1) is 0 Å². The third-order valence-electron chi connectivity index (χ3n) is 3.22. The molecule has 0 atom stereocenters. The number of hydrogen-bond donors (Lipinski definition) is 2. The van der Waals surface area contributed by atoms with Crippen LogP contribution in [-0.2, 0) is 0 Å². The fraction of sp³-hybridized carbons (Fsp3) is 0.0625. The third-order valence-corrected chi connectivity index (χ3v) is 3.47. The number of hydrogen-bond acceptors (Lipinski definition) is 6. The molecule has 0 bridgehead atoms. The number of rotatable bonds is 4. The van der Waals surface area contributed by atoms with E-state index in [4.69, 9.17) is 21.2 Å². The molecule has 2 aromatic carbocycles. The fourth-order valence-electron chi connectivity index (χ4n) is 1.96. The lowest BCUT2D eigenvalue weighted by atomic mass is 10.1. The second kappa shape index (κ2) is 6.50. The normalized spacial score (nSPS) is 11.5. The van der Waals surface area contributed by atoms with Crippen LogP contribution in [0.1, 0.15) is 12.5 Å². The summed E-state index contributed by atoms with van der Waals surface area (Å²) in [6, 6.07) is 14.7. The molecule has 0 saturated heterocycles. The number of anilines is 2. The lowest BCUT2D eigenvalue weighted by Gasteiger charge is -2.03. The van der Waals surface area contributed by atoms with E-state index in [0.29, 0.717) is 16.6 Å². The topological polar surface area (TPSA) is 83.5 Å². The molecule has 0 aliphatic rings. The summed E-state index contributed by atoms with van der Waals surface area (Å²) in [5.41, 5.74) is 2.94. The minimum atomic E-state index is 0.287. The van der Waals surface area contributed by atoms with E-state index in [1.54, 1.807) is 19.1 Å². The Kier molecular flexibility index (Phi) is 4.25. The molecule has 0 spiro atoms. The third kappa shape index (κ3) is 3.49. The number of oxime groups is 1. The monoisotopic (exact) mass is 328 g/mol. The van der Waals surface area contributed by atoms with Crippen LogP contribution in [0.2, 0.25) is 5.02 Å². The van der Waals surface area contributed by atoms with Gasteiger partial charge in [0.05, 0.1) is 5.71 Å². The smallest absolute Gasteiger partial charge is 0.320 e. The highest BCUT2D eigenvalue weighted by atomic mass is 35.5. The number of nitrogens with zero attached hydrogens (tertiary/aromatic N) is 3. The lowest BCUT2D eigenvalue weighted by molar-refractivity contribution is 0.319. The number of nitrogens with one attached hydrogen (secondary N) is 1. The first-order valence-corrected chi connectivity index (χ1v) is 7.19. The molecule has 3 rings (SSSR count). The minimum absolute atomic E-state index is 0.287. The molecule has 1 heterocycles. The van der Waals surface area contributed by atoms with E-state index in [1.165, 1.54) is 0 Å². The molecule has 0 amide bonds. The Hall–Kier alpha value is -2.86. The van der Waals surface area contributed by atoms with Gasteiger partial charge in [0.1, 0.15) is 0 Å². The van der Waals surface area contributed by atoms with Crippen LogP contribution >= 0.6 is 11.6 Å². The summed E-state index contributed by atoms with van der Waals surface area (Å²) < 4.78 is 5.57. The summed E-state index contributed by atoms with van der Waals surface area (Å²) in [5, 5.41) is 23.5. The van der Waals surface area contributed by atoms with Crippen LogP contribution in [0.4, 0.5) is 11.7 Å². The molecule has 0 saturated carbocycles. The van der Waals surface area contributed by atoms with Crippen LogP contribution in [-0.4, -0.2) is 21.1 Å². The number of aromatic nitrogens is 2. The zero-order valence-electron chi connectivity index (χ0n) is 12.2. The number of halogens is 1. The summed E-state index contributed by atoms with van der Waals surface area (Å²) in [6.07, 6.45) is 0.